The standard InChI is InChI=1S/C21H22N2O2/c1-21(2)11-15(24)19-17(12-21)25-16(9-10-23(3)4)20-18(19)13-7-5-6-8-14(13)22-20/h5-10H,11-12H2,1-4H3/p+1. The van der Waals surface area contributed by atoms with E-state index < -0.39 is 0 Å². The van der Waals surface area contributed by atoms with Gasteiger partial charge in [-0.3, -0.25) is 4.79 Å². The maximum absolute atomic E-state index is 12.9. The Morgan fingerprint density at radius 1 is 1.16 bits per heavy atom. The number of fused-ring (bicyclic) bond motifs is 5. The largest absolute Gasteiger partial charge is 0.454 e. The summed E-state index contributed by atoms with van der Waals surface area (Å²) < 4.78 is 6.23. The second-order valence-electron chi connectivity index (χ2n) is 7.91. The third kappa shape index (κ3) is 2.62. The number of nitrogens with zero attached hydrogens (tertiary/aromatic N) is 1. The maximum atomic E-state index is 12.9. The van der Waals surface area contributed by atoms with Crippen LogP contribution in [0.1, 0.15) is 42.1 Å². The molecule has 1 N–H and O–H groups in total. The number of aromatic nitrogens is 1. The zero-order valence-electron chi connectivity index (χ0n) is 15.1. The van der Waals surface area contributed by atoms with Crippen LogP contribution in [0.15, 0.2) is 34.9 Å². The first kappa shape index (κ1) is 15.9. The molecule has 0 aromatic heterocycles. The predicted octanol–water partition coefficient (Wildman–Crippen LogP) is 4.04. The van der Waals surface area contributed by atoms with Crippen molar-refractivity contribution in [1.29, 1.82) is 0 Å². The molecule has 4 nitrogen and oxygen atoms in total. The van der Waals surface area contributed by atoms with Crippen LogP contribution in [-0.4, -0.2) is 24.8 Å². The van der Waals surface area contributed by atoms with Gasteiger partial charge >= 0.3 is 0 Å². The molecule has 2 aliphatic heterocycles. The Morgan fingerprint density at radius 3 is 2.68 bits per heavy atom. The Hall–Kier alpha value is -2.62. The lowest BCUT2D eigenvalue weighted by atomic mass is 9.74. The molecule has 4 rings (SSSR count). The molecule has 0 saturated carbocycles. The summed E-state index contributed by atoms with van der Waals surface area (Å²) in [5.74, 6) is 1.74. The molecule has 0 saturated heterocycles. The number of benzene rings is 1. The molecular weight excluding hydrogens is 312 g/mol. The number of aromatic amines is 1. The number of para-hydroxylation sites is 1. The molecule has 25 heavy (non-hydrogen) atoms. The highest BCUT2D eigenvalue weighted by Gasteiger charge is 2.39. The molecule has 1 aromatic carbocycles. The summed E-state index contributed by atoms with van der Waals surface area (Å²) in [7, 11) is 3.95. The van der Waals surface area contributed by atoms with Gasteiger partial charge in [0.05, 0.1) is 16.5 Å². The highest BCUT2D eigenvalue weighted by Crippen LogP contribution is 2.43. The van der Waals surface area contributed by atoms with Crippen molar-refractivity contribution in [3.63, 3.8) is 0 Å². The predicted molar refractivity (Wildman–Crippen MR) is 98.5 cm³/mol. The van der Waals surface area contributed by atoms with E-state index in [0.717, 1.165) is 45.7 Å². The molecule has 0 unspecified atom stereocenters. The van der Waals surface area contributed by atoms with Crippen LogP contribution in [0.5, 0.6) is 0 Å². The van der Waals surface area contributed by atoms with E-state index in [1.165, 1.54) is 0 Å². The topological polar surface area (TPSA) is 47.6 Å². The number of H-pyrrole nitrogens is 1. The summed E-state index contributed by atoms with van der Waals surface area (Å²) >= 11 is 0. The van der Waals surface area contributed by atoms with Gasteiger partial charge < -0.3 is 9.32 Å². The van der Waals surface area contributed by atoms with Gasteiger partial charge in [-0.25, -0.2) is 4.98 Å². The second-order valence-corrected chi connectivity index (χ2v) is 7.91. The van der Waals surface area contributed by atoms with Crippen LogP contribution in [0.3, 0.4) is 0 Å². The lowest BCUT2D eigenvalue weighted by Gasteiger charge is -2.29. The van der Waals surface area contributed by atoms with E-state index in [-0.39, 0.29) is 11.2 Å². The first-order valence-corrected chi connectivity index (χ1v) is 8.63. The Morgan fingerprint density at radius 2 is 1.92 bits per heavy atom. The minimum absolute atomic E-state index is 0.0735. The highest BCUT2D eigenvalue weighted by atomic mass is 16.3. The van der Waals surface area contributed by atoms with Crippen LogP contribution in [0.25, 0.3) is 28.2 Å². The van der Waals surface area contributed by atoms with Crippen LogP contribution >= 0.6 is 0 Å². The molecule has 0 atom stereocenters. The van der Waals surface area contributed by atoms with Crippen molar-refractivity contribution in [2.45, 2.75) is 26.7 Å². The van der Waals surface area contributed by atoms with E-state index in [0.29, 0.717) is 6.42 Å². The normalized spacial score (nSPS) is 16.7. The van der Waals surface area contributed by atoms with Crippen LogP contribution in [0.4, 0.5) is 0 Å². The second kappa shape index (κ2) is 5.45. The van der Waals surface area contributed by atoms with Crippen molar-refractivity contribution >= 4 is 22.8 Å². The number of carbonyl (C=O) groups excluding carboxylic acids is 1. The molecule has 0 amide bonds. The average molecular weight is 335 g/mol. The molecule has 0 spiro atoms. The zero-order valence-corrected chi connectivity index (χ0v) is 15.1. The van der Waals surface area contributed by atoms with Gasteiger partial charge in [0.25, 0.3) is 5.69 Å². The average Bonchev–Trinajstić information content (AvgIpc) is 2.90. The van der Waals surface area contributed by atoms with E-state index >= 15 is 0 Å². The molecule has 0 bridgehead atoms. The van der Waals surface area contributed by atoms with Crippen LogP contribution < -0.4 is 4.98 Å². The van der Waals surface area contributed by atoms with Gasteiger partial charge in [0.1, 0.15) is 5.76 Å². The third-order valence-corrected chi connectivity index (χ3v) is 4.80. The van der Waals surface area contributed by atoms with Crippen molar-refractivity contribution in [3.05, 3.63) is 47.5 Å². The first-order valence-electron chi connectivity index (χ1n) is 8.63. The fourth-order valence-electron chi connectivity index (χ4n) is 3.73. The van der Waals surface area contributed by atoms with Crippen molar-refractivity contribution in [2.24, 2.45) is 5.41 Å². The SMILES string of the molecule is CN(C)C=Cc1oc2c(c3c4ccccc4[nH+]c1-3)C(=O)CC(C)(C)C2. The van der Waals surface area contributed by atoms with E-state index in [9.17, 15) is 4.79 Å². The van der Waals surface area contributed by atoms with Crippen LogP contribution in [-0.2, 0) is 6.42 Å². The number of hydrogen-bond acceptors (Lipinski definition) is 3. The Balaban J connectivity index is 2.07. The molecular formula is C21H23N2O2+. The monoisotopic (exact) mass is 335 g/mol. The molecule has 3 aliphatic rings. The number of carbonyl (C=O) groups is 1. The summed E-state index contributed by atoms with van der Waals surface area (Å²) in [6.07, 6.45) is 5.25. The first-order chi connectivity index (χ1) is 11.9. The molecule has 128 valence electrons. The van der Waals surface area contributed by atoms with Crippen LogP contribution in [0, 0.1) is 5.41 Å². The Kier molecular flexibility index (Phi) is 3.46. The smallest absolute Gasteiger partial charge is 0.256 e. The lowest BCUT2D eigenvalue weighted by Crippen LogP contribution is -2.28. The quantitative estimate of drug-likeness (QED) is 0.710. The summed E-state index contributed by atoms with van der Waals surface area (Å²) in [5.41, 5.74) is 3.60. The van der Waals surface area contributed by atoms with Gasteiger partial charge in [-0.2, -0.15) is 0 Å². The fourth-order valence-corrected chi connectivity index (χ4v) is 3.73. The number of nitrogens with one attached hydrogen (secondary N) is 1. The third-order valence-electron chi connectivity index (χ3n) is 4.80. The number of ketones is 1. The van der Waals surface area contributed by atoms with Crippen molar-refractivity contribution in [1.82, 2.24) is 4.90 Å². The highest BCUT2D eigenvalue weighted by molar-refractivity contribution is 6.10. The van der Waals surface area contributed by atoms with E-state index in [4.69, 9.17) is 4.42 Å². The molecule has 1 aliphatic carbocycles. The van der Waals surface area contributed by atoms with Crippen molar-refractivity contribution < 1.29 is 14.2 Å². The van der Waals surface area contributed by atoms with Gasteiger partial charge in [0.2, 0.25) is 5.52 Å². The van der Waals surface area contributed by atoms with Gasteiger partial charge in [0.15, 0.2) is 11.5 Å². The van der Waals surface area contributed by atoms with Crippen molar-refractivity contribution in [2.75, 3.05) is 14.1 Å². The fraction of sp³-hybridized carbons (Fsp3) is 0.333. The maximum Gasteiger partial charge on any atom is 0.256 e. The Bertz CT molecular complexity index is 979. The molecule has 4 heteroatoms. The minimum Gasteiger partial charge on any atom is -0.454 e. The number of Topliss-reactive ketones (excluding diaryl/α,β-unsaturated/α-hetero) is 1. The molecule has 0 fully saturated rings. The van der Waals surface area contributed by atoms with E-state index in [1.807, 2.05) is 49.5 Å². The summed E-state index contributed by atoms with van der Waals surface area (Å²) in [6, 6.07) is 8.12. The van der Waals surface area contributed by atoms with E-state index in [1.54, 1.807) is 0 Å². The number of hydrogen-bond donors (Lipinski definition) is 0. The minimum atomic E-state index is -0.0735. The van der Waals surface area contributed by atoms with Gasteiger partial charge in [-0.05, 0) is 11.5 Å². The van der Waals surface area contributed by atoms with Gasteiger partial charge in [-0.1, -0.05) is 26.0 Å². The molecule has 0 radical (unpaired) electrons. The Labute approximate surface area is 147 Å². The molecule has 2 heterocycles. The van der Waals surface area contributed by atoms with E-state index in [2.05, 4.69) is 24.9 Å². The van der Waals surface area contributed by atoms with Gasteiger partial charge in [0, 0.05) is 45.3 Å². The molecule has 1 aromatic rings. The number of rotatable bonds is 2. The summed E-state index contributed by atoms with van der Waals surface area (Å²) in [6.45, 7) is 4.25. The van der Waals surface area contributed by atoms with Crippen LogP contribution in [0.2, 0.25) is 0 Å². The zero-order chi connectivity index (χ0) is 17.8. The summed E-state index contributed by atoms with van der Waals surface area (Å²) in [5, 5.41) is 1.08. The lowest BCUT2D eigenvalue weighted by molar-refractivity contribution is -0.328. The van der Waals surface area contributed by atoms with Crippen molar-refractivity contribution in [3.8, 4) is 11.3 Å². The summed E-state index contributed by atoms with van der Waals surface area (Å²) in [4.78, 5) is 18.4. The van der Waals surface area contributed by atoms with Gasteiger partial charge in [-0.15, -0.1) is 0 Å².